The Hall–Kier alpha value is -1.71. The summed E-state index contributed by atoms with van der Waals surface area (Å²) in [4.78, 5) is 26.9. The van der Waals surface area contributed by atoms with Gasteiger partial charge in [0, 0.05) is 18.3 Å². The highest BCUT2D eigenvalue weighted by atomic mass is 16.2. The van der Waals surface area contributed by atoms with Crippen molar-refractivity contribution in [2.24, 2.45) is 11.7 Å². The first kappa shape index (κ1) is 9.83. The molecule has 1 aliphatic rings. The molecule has 1 aliphatic carbocycles. The van der Waals surface area contributed by atoms with Crippen LogP contribution in [0.5, 0.6) is 0 Å². The maximum Gasteiger partial charge on any atom is 0.232 e. The van der Waals surface area contributed by atoms with Gasteiger partial charge in [-0.25, -0.2) is 0 Å². The molecular weight excluding hydrogens is 192 g/mol. The highest BCUT2D eigenvalue weighted by molar-refractivity contribution is 6.07. The van der Waals surface area contributed by atoms with Gasteiger partial charge in [-0.2, -0.15) is 0 Å². The first-order chi connectivity index (χ1) is 7.20. The van der Waals surface area contributed by atoms with Crippen LogP contribution < -0.4 is 5.73 Å². The molecule has 2 rings (SSSR count). The Morgan fingerprint density at radius 2 is 1.93 bits per heavy atom. The van der Waals surface area contributed by atoms with Gasteiger partial charge in [0.05, 0.1) is 0 Å². The van der Waals surface area contributed by atoms with E-state index in [1.165, 1.54) is 0 Å². The molecule has 0 aliphatic heterocycles. The second-order valence-electron chi connectivity index (χ2n) is 3.79. The number of pyridine rings is 1. The van der Waals surface area contributed by atoms with Crippen molar-refractivity contribution in [2.45, 2.75) is 18.8 Å². The number of amides is 1. The van der Waals surface area contributed by atoms with Crippen molar-refractivity contribution in [1.29, 1.82) is 0 Å². The first-order valence-corrected chi connectivity index (χ1v) is 4.93. The lowest BCUT2D eigenvalue weighted by molar-refractivity contribution is -0.129. The highest BCUT2D eigenvalue weighted by Crippen LogP contribution is 2.35. The average molecular weight is 204 g/mol. The molecule has 1 unspecified atom stereocenters. The molecule has 4 nitrogen and oxygen atoms in total. The summed E-state index contributed by atoms with van der Waals surface area (Å²) in [6, 6.07) is 3.32. The number of aromatic nitrogens is 1. The van der Waals surface area contributed by atoms with Crippen LogP contribution in [0.3, 0.4) is 0 Å². The zero-order valence-electron chi connectivity index (χ0n) is 8.22. The van der Waals surface area contributed by atoms with Crippen molar-refractivity contribution in [2.75, 3.05) is 0 Å². The van der Waals surface area contributed by atoms with E-state index in [2.05, 4.69) is 4.98 Å². The van der Waals surface area contributed by atoms with Gasteiger partial charge in [0.2, 0.25) is 5.91 Å². The minimum absolute atomic E-state index is 0.0377. The number of rotatable bonds is 4. The maximum atomic E-state index is 11.8. The van der Waals surface area contributed by atoms with Crippen molar-refractivity contribution in [3.05, 3.63) is 30.1 Å². The lowest BCUT2D eigenvalue weighted by Gasteiger charge is -2.11. The largest absolute Gasteiger partial charge is 0.369 e. The van der Waals surface area contributed by atoms with Crippen LogP contribution in [-0.2, 0) is 9.59 Å². The maximum absolute atomic E-state index is 11.8. The van der Waals surface area contributed by atoms with E-state index >= 15 is 0 Å². The second-order valence-corrected chi connectivity index (χ2v) is 3.79. The third-order valence-electron chi connectivity index (χ3n) is 2.59. The summed E-state index contributed by atoms with van der Waals surface area (Å²) < 4.78 is 0. The van der Waals surface area contributed by atoms with Gasteiger partial charge in [-0.3, -0.25) is 14.6 Å². The molecular formula is C11H12N2O2. The normalized spacial score (nSPS) is 17.1. The number of primary amides is 1. The van der Waals surface area contributed by atoms with Crippen LogP contribution in [0.25, 0.3) is 0 Å². The summed E-state index contributed by atoms with van der Waals surface area (Å²) in [5.74, 6) is -1.37. The zero-order valence-corrected chi connectivity index (χ0v) is 8.22. The molecule has 1 heterocycles. The van der Waals surface area contributed by atoms with Gasteiger partial charge in [0.15, 0.2) is 5.78 Å². The number of Topliss-reactive ketones (excluding diaryl/α,β-unsaturated/α-hetero) is 1. The number of hydrogen-bond acceptors (Lipinski definition) is 3. The Morgan fingerprint density at radius 1 is 1.33 bits per heavy atom. The second kappa shape index (κ2) is 3.81. The number of nitrogens with two attached hydrogens (primary N) is 1. The van der Waals surface area contributed by atoms with E-state index in [-0.39, 0.29) is 11.7 Å². The standard InChI is InChI=1S/C11H12N2O2/c12-11(15)9(10(14)8-1-2-8)7-3-5-13-6-4-7/h3-6,8-9H,1-2H2,(H2,12,15). The van der Waals surface area contributed by atoms with E-state index in [1.807, 2.05) is 0 Å². The molecule has 1 fully saturated rings. The molecule has 1 aromatic rings. The Balaban J connectivity index is 2.27. The molecule has 1 aromatic heterocycles. The third kappa shape index (κ3) is 2.03. The quantitative estimate of drug-likeness (QED) is 0.731. The fraction of sp³-hybridized carbons (Fsp3) is 0.364. The Kier molecular flexibility index (Phi) is 2.49. The molecule has 15 heavy (non-hydrogen) atoms. The SMILES string of the molecule is NC(=O)C(C(=O)C1CC1)c1ccncc1. The summed E-state index contributed by atoms with van der Waals surface area (Å²) in [6.07, 6.45) is 4.89. The van der Waals surface area contributed by atoms with Crippen LogP contribution in [-0.4, -0.2) is 16.7 Å². The summed E-state index contributed by atoms with van der Waals surface area (Å²) >= 11 is 0. The zero-order chi connectivity index (χ0) is 10.8. The predicted octanol–water partition coefficient (Wildman–Crippen LogP) is 0.630. The summed E-state index contributed by atoms with van der Waals surface area (Å²) in [5, 5.41) is 0. The van der Waals surface area contributed by atoms with Crippen molar-refractivity contribution < 1.29 is 9.59 Å². The van der Waals surface area contributed by atoms with Gasteiger partial charge in [0.25, 0.3) is 0 Å². The van der Waals surface area contributed by atoms with Gasteiger partial charge in [0.1, 0.15) is 5.92 Å². The van der Waals surface area contributed by atoms with E-state index in [4.69, 9.17) is 5.73 Å². The fourth-order valence-electron chi connectivity index (χ4n) is 1.63. The minimum atomic E-state index is -0.791. The molecule has 2 N–H and O–H groups in total. The summed E-state index contributed by atoms with van der Waals surface area (Å²) in [6.45, 7) is 0. The van der Waals surface area contributed by atoms with Crippen molar-refractivity contribution in [1.82, 2.24) is 4.98 Å². The smallest absolute Gasteiger partial charge is 0.232 e. The average Bonchev–Trinajstić information content (AvgIpc) is 3.02. The molecule has 78 valence electrons. The summed E-state index contributed by atoms with van der Waals surface area (Å²) in [7, 11) is 0. The molecule has 0 saturated heterocycles. The number of nitrogens with zero attached hydrogens (tertiary/aromatic N) is 1. The van der Waals surface area contributed by atoms with Crippen LogP contribution in [0.1, 0.15) is 24.3 Å². The molecule has 4 heteroatoms. The molecule has 0 bridgehead atoms. The molecule has 1 saturated carbocycles. The van der Waals surface area contributed by atoms with Crippen LogP contribution in [0.2, 0.25) is 0 Å². The number of ketones is 1. The van der Waals surface area contributed by atoms with Crippen LogP contribution in [0.4, 0.5) is 0 Å². The number of carbonyl (C=O) groups excluding carboxylic acids is 2. The van der Waals surface area contributed by atoms with Gasteiger partial charge >= 0.3 is 0 Å². The molecule has 0 radical (unpaired) electrons. The van der Waals surface area contributed by atoms with E-state index in [9.17, 15) is 9.59 Å². The van der Waals surface area contributed by atoms with E-state index in [1.54, 1.807) is 24.5 Å². The fourth-order valence-corrected chi connectivity index (χ4v) is 1.63. The molecule has 0 aromatic carbocycles. The van der Waals surface area contributed by atoms with Crippen molar-refractivity contribution >= 4 is 11.7 Å². The summed E-state index contributed by atoms with van der Waals surface area (Å²) in [5.41, 5.74) is 5.90. The third-order valence-corrected chi connectivity index (χ3v) is 2.59. The Labute approximate surface area is 87.5 Å². The van der Waals surface area contributed by atoms with E-state index < -0.39 is 11.8 Å². The van der Waals surface area contributed by atoms with Gasteiger partial charge in [-0.05, 0) is 30.5 Å². The predicted molar refractivity (Wildman–Crippen MR) is 53.9 cm³/mol. The number of carbonyl (C=O) groups is 2. The topological polar surface area (TPSA) is 73.1 Å². The lowest BCUT2D eigenvalue weighted by Crippen LogP contribution is -2.29. The Bertz CT molecular complexity index is 385. The lowest BCUT2D eigenvalue weighted by atomic mass is 9.92. The van der Waals surface area contributed by atoms with Crippen molar-refractivity contribution in [3.8, 4) is 0 Å². The van der Waals surface area contributed by atoms with Gasteiger partial charge in [-0.15, -0.1) is 0 Å². The van der Waals surface area contributed by atoms with Crippen LogP contribution >= 0.6 is 0 Å². The molecule has 1 amide bonds. The molecule has 1 atom stereocenters. The van der Waals surface area contributed by atoms with E-state index in [0.29, 0.717) is 5.56 Å². The highest BCUT2D eigenvalue weighted by Gasteiger charge is 2.38. The van der Waals surface area contributed by atoms with Crippen LogP contribution in [0.15, 0.2) is 24.5 Å². The van der Waals surface area contributed by atoms with E-state index in [0.717, 1.165) is 12.8 Å². The van der Waals surface area contributed by atoms with Gasteiger partial charge < -0.3 is 5.73 Å². The Morgan fingerprint density at radius 3 is 2.40 bits per heavy atom. The minimum Gasteiger partial charge on any atom is -0.369 e. The van der Waals surface area contributed by atoms with Crippen molar-refractivity contribution in [3.63, 3.8) is 0 Å². The monoisotopic (exact) mass is 204 g/mol. The molecule has 0 spiro atoms. The van der Waals surface area contributed by atoms with Crippen LogP contribution in [0, 0.1) is 5.92 Å². The first-order valence-electron chi connectivity index (χ1n) is 4.93. The number of hydrogen-bond donors (Lipinski definition) is 1. The van der Waals surface area contributed by atoms with Gasteiger partial charge in [-0.1, -0.05) is 0 Å².